The molecular formula is C15H20N6O2. The molecule has 0 radical (unpaired) electrons. The molecule has 1 aliphatic carbocycles. The molecule has 2 fully saturated rings. The molecule has 1 amide bonds. The van der Waals surface area contributed by atoms with Gasteiger partial charge in [0.2, 0.25) is 5.89 Å². The van der Waals surface area contributed by atoms with Gasteiger partial charge in [0.05, 0.1) is 24.3 Å². The topological polar surface area (TPSA) is 103 Å². The fourth-order valence-corrected chi connectivity index (χ4v) is 3.19. The predicted octanol–water partition coefficient (Wildman–Crippen LogP) is 1.08. The number of carbonyl (C=O) groups is 1. The van der Waals surface area contributed by atoms with Gasteiger partial charge in [-0.1, -0.05) is 11.6 Å². The SMILES string of the molecule is NC(=O)c1cnn(C2CCN(Cc3noc(C4CCC4)n3)C2)c1. The van der Waals surface area contributed by atoms with E-state index in [1.165, 1.54) is 12.6 Å². The van der Waals surface area contributed by atoms with Crippen molar-refractivity contribution in [3.63, 3.8) is 0 Å². The molecule has 1 saturated heterocycles. The summed E-state index contributed by atoms with van der Waals surface area (Å²) >= 11 is 0. The standard InChI is InChI=1S/C15H20N6O2/c16-14(22)11-6-17-21(7-11)12-4-5-20(8-12)9-13-18-15(23-19-13)10-2-1-3-10/h6-7,10,12H,1-5,8-9H2,(H2,16,22). The molecule has 0 aromatic carbocycles. The van der Waals surface area contributed by atoms with E-state index in [0.29, 0.717) is 18.0 Å². The van der Waals surface area contributed by atoms with E-state index in [1.54, 1.807) is 6.20 Å². The Hall–Kier alpha value is -2.22. The molecule has 1 saturated carbocycles. The molecule has 2 aromatic heterocycles. The van der Waals surface area contributed by atoms with Gasteiger partial charge in [0, 0.05) is 25.2 Å². The number of amides is 1. The molecule has 4 rings (SSSR count). The largest absolute Gasteiger partial charge is 0.366 e. The lowest BCUT2D eigenvalue weighted by molar-refractivity contribution is 0.1000. The number of likely N-dealkylation sites (tertiary alicyclic amines) is 1. The van der Waals surface area contributed by atoms with Gasteiger partial charge in [0.25, 0.3) is 5.91 Å². The molecule has 122 valence electrons. The van der Waals surface area contributed by atoms with Crippen molar-refractivity contribution in [3.05, 3.63) is 29.7 Å². The van der Waals surface area contributed by atoms with E-state index in [1.807, 2.05) is 4.68 Å². The minimum absolute atomic E-state index is 0.251. The maximum absolute atomic E-state index is 11.2. The zero-order valence-corrected chi connectivity index (χ0v) is 12.9. The third kappa shape index (κ3) is 2.86. The van der Waals surface area contributed by atoms with Gasteiger partial charge < -0.3 is 10.3 Å². The second kappa shape index (κ2) is 5.77. The lowest BCUT2D eigenvalue weighted by Gasteiger charge is -2.20. The van der Waals surface area contributed by atoms with Crippen LogP contribution < -0.4 is 5.73 Å². The summed E-state index contributed by atoms with van der Waals surface area (Å²) in [6.45, 7) is 2.49. The van der Waals surface area contributed by atoms with Crippen molar-refractivity contribution in [1.82, 2.24) is 24.8 Å². The smallest absolute Gasteiger partial charge is 0.251 e. The van der Waals surface area contributed by atoms with Crippen LogP contribution in [0, 0.1) is 0 Å². The molecular weight excluding hydrogens is 296 g/mol. The highest BCUT2D eigenvalue weighted by Gasteiger charge is 2.28. The summed E-state index contributed by atoms with van der Waals surface area (Å²) in [4.78, 5) is 18.0. The van der Waals surface area contributed by atoms with Gasteiger partial charge in [0.15, 0.2) is 5.82 Å². The van der Waals surface area contributed by atoms with E-state index in [-0.39, 0.29) is 6.04 Å². The first-order valence-corrected chi connectivity index (χ1v) is 8.08. The number of primary amides is 1. The summed E-state index contributed by atoms with van der Waals surface area (Å²) in [5.74, 6) is 1.58. The summed E-state index contributed by atoms with van der Waals surface area (Å²) in [5.41, 5.74) is 5.72. The zero-order chi connectivity index (χ0) is 15.8. The van der Waals surface area contributed by atoms with Crippen molar-refractivity contribution in [2.45, 2.75) is 44.2 Å². The second-order valence-corrected chi connectivity index (χ2v) is 6.43. The predicted molar refractivity (Wildman–Crippen MR) is 80.6 cm³/mol. The van der Waals surface area contributed by atoms with Crippen LogP contribution in [0.15, 0.2) is 16.9 Å². The molecule has 0 spiro atoms. The third-order valence-electron chi connectivity index (χ3n) is 4.81. The van der Waals surface area contributed by atoms with Crippen molar-refractivity contribution in [1.29, 1.82) is 0 Å². The molecule has 2 aromatic rings. The second-order valence-electron chi connectivity index (χ2n) is 6.43. The van der Waals surface area contributed by atoms with Crippen molar-refractivity contribution in [2.75, 3.05) is 13.1 Å². The van der Waals surface area contributed by atoms with Crippen molar-refractivity contribution in [3.8, 4) is 0 Å². The molecule has 1 unspecified atom stereocenters. The number of nitrogens with zero attached hydrogens (tertiary/aromatic N) is 5. The Morgan fingerprint density at radius 3 is 2.96 bits per heavy atom. The highest BCUT2D eigenvalue weighted by atomic mass is 16.5. The number of rotatable bonds is 5. The molecule has 8 nitrogen and oxygen atoms in total. The Kier molecular flexibility index (Phi) is 3.60. The van der Waals surface area contributed by atoms with Crippen LogP contribution in [0.4, 0.5) is 0 Å². The van der Waals surface area contributed by atoms with Gasteiger partial charge in [-0.3, -0.25) is 14.4 Å². The average molecular weight is 316 g/mol. The summed E-state index contributed by atoms with van der Waals surface area (Å²) < 4.78 is 7.19. The maximum atomic E-state index is 11.2. The number of hydrogen-bond acceptors (Lipinski definition) is 6. The molecule has 1 atom stereocenters. The Labute approximate surface area is 133 Å². The summed E-state index contributed by atoms with van der Waals surface area (Å²) in [6.07, 6.45) is 7.80. The highest BCUT2D eigenvalue weighted by molar-refractivity contribution is 5.92. The maximum Gasteiger partial charge on any atom is 0.251 e. The van der Waals surface area contributed by atoms with Crippen LogP contribution in [0.25, 0.3) is 0 Å². The molecule has 1 aliphatic heterocycles. The quantitative estimate of drug-likeness (QED) is 0.885. The van der Waals surface area contributed by atoms with Gasteiger partial charge in [-0.25, -0.2) is 0 Å². The van der Waals surface area contributed by atoms with Crippen LogP contribution in [-0.4, -0.2) is 43.8 Å². The van der Waals surface area contributed by atoms with E-state index >= 15 is 0 Å². The van der Waals surface area contributed by atoms with Crippen molar-refractivity contribution in [2.24, 2.45) is 5.73 Å². The van der Waals surface area contributed by atoms with Crippen molar-refractivity contribution < 1.29 is 9.32 Å². The van der Waals surface area contributed by atoms with E-state index < -0.39 is 5.91 Å². The lowest BCUT2D eigenvalue weighted by atomic mass is 9.85. The van der Waals surface area contributed by atoms with E-state index in [4.69, 9.17) is 10.3 Å². The monoisotopic (exact) mass is 316 g/mol. The van der Waals surface area contributed by atoms with Crippen LogP contribution in [0.5, 0.6) is 0 Å². The minimum Gasteiger partial charge on any atom is -0.366 e. The fourth-order valence-electron chi connectivity index (χ4n) is 3.19. The van der Waals surface area contributed by atoms with Crippen LogP contribution in [0.2, 0.25) is 0 Å². The molecule has 23 heavy (non-hydrogen) atoms. The lowest BCUT2D eigenvalue weighted by Crippen LogP contribution is -2.22. The zero-order valence-electron chi connectivity index (χ0n) is 12.9. The first-order valence-electron chi connectivity index (χ1n) is 8.08. The number of carbonyl (C=O) groups excluding carboxylic acids is 1. The minimum atomic E-state index is -0.443. The van der Waals surface area contributed by atoms with E-state index in [9.17, 15) is 4.79 Å². The first kappa shape index (κ1) is 14.4. The van der Waals surface area contributed by atoms with Gasteiger partial charge in [-0.05, 0) is 19.3 Å². The Bertz CT molecular complexity index is 704. The van der Waals surface area contributed by atoms with Crippen LogP contribution >= 0.6 is 0 Å². The Balaban J connectivity index is 1.36. The average Bonchev–Trinajstić information content (AvgIpc) is 3.17. The van der Waals surface area contributed by atoms with E-state index in [0.717, 1.165) is 44.1 Å². The van der Waals surface area contributed by atoms with Gasteiger partial charge >= 0.3 is 0 Å². The molecule has 8 heteroatoms. The van der Waals surface area contributed by atoms with E-state index in [2.05, 4.69) is 20.1 Å². The van der Waals surface area contributed by atoms with Crippen molar-refractivity contribution >= 4 is 5.91 Å². The van der Waals surface area contributed by atoms with Gasteiger partial charge in [-0.15, -0.1) is 0 Å². The molecule has 3 heterocycles. The number of aromatic nitrogens is 4. The first-order chi connectivity index (χ1) is 11.2. The third-order valence-corrected chi connectivity index (χ3v) is 4.81. The molecule has 2 aliphatic rings. The normalized spacial score (nSPS) is 22.3. The molecule has 0 bridgehead atoms. The number of nitrogens with two attached hydrogens (primary N) is 1. The fraction of sp³-hybridized carbons (Fsp3) is 0.600. The van der Waals surface area contributed by atoms with Crippen LogP contribution in [0.3, 0.4) is 0 Å². The highest BCUT2D eigenvalue weighted by Crippen LogP contribution is 2.35. The van der Waals surface area contributed by atoms with Gasteiger partial charge in [0.1, 0.15) is 0 Å². The summed E-state index contributed by atoms with van der Waals surface area (Å²) in [5, 5.41) is 8.34. The summed E-state index contributed by atoms with van der Waals surface area (Å²) in [6, 6.07) is 0.251. The summed E-state index contributed by atoms with van der Waals surface area (Å²) in [7, 11) is 0. The Morgan fingerprint density at radius 1 is 1.39 bits per heavy atom. The van der Waals surface area contributed by atoms with Crippen LogP contribution in [0.1, 0.15) is 59.7 Å². The van der Waals surface area contributed by atoms with Crippen LogP contribution in [-0.2, 0) is 6.54 Å². The number of hydrogen-bond donors (Lipinski definition) is 1. The Morgan fingerprint density at radius 2 is 2.26 bits per heavy atom. The molecule has 2 N–H and O–H groups in total. The van der Waals surface area contributed by atoms with Gasteiger partial charge in [-0.2, -0.15) is 10.1 Å².